The van der Waals surface area contributed by atoms with Crippen LogP contribution >= 0.6 is 0 Å². The van der Waals surface area contributed by atoms with Crippen molar-refractivity contribution in [1.82, 2.24) is 0 Å². The van der Waals surface area contributed by atoms with Gasteiger partial charge in [-0.3, -0.25) is 0 Å². The topological polar surface area (TPSA) is 55.8 Å². The molecule has 1 aliphatic heterocycles. The minimum absolute atomic E-state index is 0.208. The molecule has 2 atom stereocenters. The molecule has 0 saturated heterocycles. The van der Waals surface area contributed by atoms with E-state index in [0.717, 1.165) is 31.2 Å². The molecule has 1 aromatic rings. The Morgan fingerprint density at radius 1 is 1.45 bits per heavy atom. The maximum Gasteiger partial charge on any atom is 0.335 e. The molecule has 0 saturated carbocycles. The Morgan fingerprint density at radius 3 is 2.82 bits per heavy atom. The number of rotatable bonds is 3. The Labute approximate surface area is 130 Å². The first-order chi connectivity index (χ1) is 10.4. The lowest BCUT2D eigenvalue weighted by molar-refractivity contribution is 0.0418. The van der Waals surface area contributed by atoms with Gasteiger partial charge in [-0.1, -0.05) is 11.6 Å². The Balaban J connectivity index is 1.93. The van der Waals surface area contributed by atoms with Crippen LogP contribution in [0.5, 0.6) is 11.5 Å². The second-order valence-corrected chi connectivity index (χ2v) is 6.57. The molecule has 22 heavy (non-hydrogen) atoms. The third kappa shape index (κ3) is 2.47. The molecule has 0 radical (unpaired) electrons. The van der Waals surface area contributed by atoms with E-state index in [1.54, 1.807) is 19.2 Å². The number of methoxy groups -OCH3 is 1. The number of hydrogen-bond donors (Lipinski definition) is 1. The van der Waals surface area contributed by atoms with Crippen LogP contribution in [-0.2, 0) is 6.42 Å². The van der Waals surface area contributed by atoms with Crippen LogP contribution in [-0.4, -0.2) is 23.8 Å². The number of carboxylic acids is 1. The molecule has 0 amide bonds. The number of aromatic carboxylic acids is 1. The minimum Gasteiger partial charge on any atom is -0.496 e. The second kappa shape index (κ2) is 5.34. The van der Waals surface area contributed by atoms with Crippen LogP contribution in [0, 0.1) is 5.92 Å². The molecular formula is C18H22O4. The molecule has 0 aromatic heterocycles. The molecule has 1 heterocycles. The molecule has 0 fully saturated rings. The van der Waals surface area contributed by atoms with Crippen molar-refractivity contribution < 1.29 is 19.4 Å². The lowest BCUT2D eigenvalue weighted by Gasteiger charge is -2.35. The van der Waals surface area contributed by atoms with E-state index >= 15 is 0 Å². The van der Waals surface area contributed by atoms with Gasteiger partial charge in [-0.2, -0.15) is 0 Å². The average molecular weight is 302 g/mol. The zero-order valence-electron chi connectivity index (χ0n) is 13.3. The molecule has 0 bridgehead atoms. The fraction of sp³-hybridized carbons (Fsp3) is 0.500. The van der Waals surface area contributed by atoms with E-state index in [9.17, 15) is 9.90 Å². The first-order valence-electron chi connectivity index (χ1n) is 7.72. The van der Waals surface area contributed by atoms with Crippen LogP contribution in [0.2, 0.25) is 0 Å². The fourth-order valence-corrected chi connectivity index (χ4v) is 3.58. The van der Waals surface area contributed by atoms with E-state index in [4.69, 9.17) is 9.47 Å². The molecular weight excluding hydrogens is 280 g/mol. The van der Waals surface area contributed by atoms with E-state index in [0.29, 0.717) is 17.4 Å². The smallest absolute Gasteiger partial charge is 0.335 e. The normalized spacial score (nSPS) is 26.9. The predicted molar refractivity (Wildman–Crippen MR) is 83.8 cm³/mol. The minimum atomic E-state index is -0.963. The average Bonchev–Trinajstić information content (AvgIpc) is 2.84. The Hall–Kier alpha value is -1.97. The summed E-state index contributed by atoms with van der Waals surface area (Å²) < 4.78 is 11.6. The van der Waals surface area contributed by atoms with Gasteiger partial charge < -0.3 is 14.6 Å². The molecule has 2 aliphatic rings. The molecule has 1 aliphatic carbocycles. The lowest BCUT2D eigenvalue weighted by Crippen LogP contribution is -2.40. The van der Waals surface area contributed by atoms with Gasteiger partial charge in [0.1, 0.15) is 17.1 Å². The van der Waals surface area contributed by atoms with Gasteiger partial charge in [-0.25, -0.2) is 4.79 Å². The first-order valence-corrected chi connectivity index (χ1v) is 7.72. The van der Waals surface area contributed by atoms with Crippen molar-refractivity contribution >= 4 is 5.97 Å². The van der Waals surface area contributed by atoms with Gasteiger partial charge in [0.2, 0.25) is 0 Å². The van der Waals surface area contributed by atoms with Crippen LogP contribution in [0.1, 0.15) is 49.0 Å². The van der Waals surface area contributed by atoms with E-state index in [2.05, 4.69) is 19.9 Å². The highest BCUT2D eigenvalue weighted by molar-refractivity contribution is 5.89. The summed E-state index contributed by atoms with van der Waals surface area (Å²) in [5.41, 5.74) is 2.35. The van der Waals surface area contributed by atoms with Gasteiger partial charge in [0.05, 0.1) is 12.7 Å². The monoisotopic (exact) mass is 302 g/mol. The molecule has 3 rings (SSSR count). The number of allylic oxidation sites excluding steroid dienone is 2. The van der Waals surface area contributed by atoms with Gasteiger partial charge in [-0.05, 0) is 45.2 Å². The molecule has 118 valence electrons. The number of carboxylic acid groups (broad SMARTS) is 1. The molecule has 1 N–H and O–H groups in total. The maximum absolute atomic E-state index is 11.2. The van der Waals surface area contributed by atoms with Crippen molar-refractivity contribution in [1.29, 1.82) is 0 Å². The first kappa shape index (κ1) is 14.9. The zero-order chi connectivity index (χ0) is 15.9. The van der Waals surface area contributed by atoms with Gasteiger partial charge in [-0.15, -0.1) is 0 Å². The summed E-state index contributed by atoms with van der Waals surface area (Å²) in [6.07, 6.45) is 6.30. The van der Waals surface area contributed by atoms with Crippen LogP contribution in [0.3, 0.4) is 0 Å². The van der Waals surface area contributed by atoms with Crippen molar-refractivity contribution in [2.24, 2.45) is 5.92 Å². The van der Waals surface area contributed by atoms with Crippen LogP contribution in [0.25, 0.3) is 0 Å². The molecule has 1 aromatic carbocycles. The highest BCUT2D eigenvalue weighted by Crippen LogP contribution is 2.47. The number of benzene rings is 1. The molecule has 4 heteroatoms. The van der Waals surface area contributed by atoms with Crippen LogP contribution < -0.4 is 9.47 Å². The maximum atomic E-state index is 11.2. The highest BCUT2D eigenvalue weighted by atomic mass is 16.5. The SMILES string of the molecule is COc1cc(C(=O)O)cc2c1C[C@@](C)(C1CC=C(C)CC1)O2. The Kier molecular flexibility index (Phi) is 3.63. The van der Waals surface area contributed by atoms with Crippen molar-refractivity contribution in [3.05, 3.63) is 34.9 Å². The quantitative estimate of drug-likeness (QED) is 0.862. The Bertz CT molecular complexity index is 647. The van der Waals surface area contributed by atoms with Gasteiger partial charge in [0, 0.05) is 17.9 Å². The van der Waals surface area contributed by atoms with Crippen molar-refractivity contribution in [2.75, 3.05) is 7.11 Å². The standard InChI is InChI=1S/C18H22O4/c1-11-4-6-13(7-5-11)18(2)10-14-15(21-3)8-12(17(19)20)9-16(14)22-18/h4,8-9,13H,5-7,10H2,1-3H3,(H,19,20)/t13?,18-/m0/s1. The summed E-state index contributed by atoms with van der Waals surface area (Å²) in [4.78, 5) is 11.2. The molecule has 0 spiro atoms. The van der Waals surface area contributed by atoms with Crippen LogP contribution in [0.15, 0.2) is 23.8 Å². The van der Waals surface area contributed by atoms with Crippen LogP contribution in [0.4, 0.5) is 0 Å². The number of hydrogen-bond acceptors (Lipinski definition) is 3. The highest BCUT2D eigenvalue weighted by Gasteiger charge is 2.43. The number of ether oxygens (including phenoxy) is 2. The largest absolute Gasteiger partial charge is 0.496 e. The van der Waals surface area contributed by atoms with Crippen molar-refractivity contribution in [2.45, 2.75) is 45.1 Å². The number of fused-ring (bicyclic) bond motifs is 1. The van der Waals surface area contributed by atoms with Gasteiger partial charge >= 0.3 is 5.97 Å². The zero-order valence-corrected chi connectivity index (χ0v) is 13.3. The van der Waals surface area contributed by atoms with Crippen molar-refractivity contribution in [3.63, 3.8) is 0 Å². The Morgan fingerprint density at radius 2 is 2.23 bits per heavy atom. The summed E-state index contributed by atoms with van der Waals surface area (Å²) in [6.45, 7) is 4.30. The van der Waals surface area contributed by atoms with E-state index in [1.807, 2.05) is 0 Å². The third-order valence-corrected chi connectivity index (χ3v) is 5.01. The predicted octanol–water partition coefficient (Wildman–Crippen LogP) is 3.83. The fourth-order valence-electron chi connectivity index (χ4n) is 3.58. The van der Waals surface area contributed by atoms with E-state index in [-0.39, 0.29) is 11.2 Å². The van der Waals surface area contributed by atoms with Crippen molar-refractivity contribution in [3.8, 4) is 11.5 Å². The van der Waals surface area contributed by atoms with E-state index < -0.39 is 5.97 Å². The summed E-state index contributed by atoms with van der Waals surface area (Å²) in [7, 11) is 1.57. The molecule has 4 nitrogen and oxygen atoms in total. The third-order valence-electron chi connectivity index (χ3n) is 5.01. The number of carbonyl (C=O) groups is 1. The molecule has 1 unspecified atom stereocenters. The lowest BCUT2D eigenvalue weighted by atomic mass is 9.76. The van der Waals surface area contributed by atoms with Gasteiger partial charge in [0.25, 0.3) is 0 Å². The summed E-state index contributed by atoms with van der Waals surface area (Å²) >= 11 is 0. The van der Waals surface area contributed by atoms with E-state index in [1.165, 1.54) is 5.57 Å². The van der Waals surface area contributed by atoms with Gasteiger partial charge in [0.15, 0.2) is 0 Å². The summed E-state index contributed by atoms with van der Waals surface area (Å²) in [5, 5.41) is 9.23. The summed E-state index contributed by atoms with van der Waals surface area (Å²) in [6, 6.07) is 3.20. The summed E-state index contributed by atoms with van der Waals surface area (Å²) in [5.74, 6) is 0.753. The second-order valence-electron chi connectivity index (χ2n) is 6.57.